The molecular weight excluding hydrogens is 352 g/mol. The van der Waals surface area contributed by atoms with E-state index in [-0.39, 0.29) is 16.6 Å². The van der Waals surface area contributed by atoms with Crippen LogP contribution >= 0.6 is 0 Å². The highest BCUT2D eigenvalue weighted by Gasteiger charge is 2.54. The van der Waals surface area contributed by atoms with Crippen LogP contribution < -0.4 is 4.74 Å². The number of carbonyl (C=O) groups excluding carboxylic acids is 1. The number of phenolic OH excluding ortho intramolecular Hbond substituents is 1. The molecule has 3 rings (SSSR count). The van der Waals surface area contributed by atoms with Gasteiger partial charge in [-0.15, -0.1) is 0 Å². The summed E-state index contributed by atoms with van der Waals surface area (Å²) in [5.74, 6) is 1.23. The van der Waals surface area contributed by atoms with E-state index in [1.54, 1.807) is 13.2 Å². The zero-order valence-corrected chi connectivity index (χ0v) is 17.9. The number of fused-ring (bicyclic) bond motifs is 1. The molecule has 0 amide bonds. The fourth-order valence-electron chi connectivity index (χ4n) is 5.87. The molecule has 0 saturated heterocycles. The summed E-state index contributed by atoms with van der Waals surface area (Å²) in [5.41, 5.74) is 2.66. The van der Waals surface area contributed by atoms with Crippen molar-refractivity contribution in [1.29, 1.82) is 0 Å². The Morgan fingerprint density at radius 2 is 2.00 bits per heavy atom. The molecule has 1 N–H and O–H groups in total. The van der Waals surface area contributed by atoms with Gasteiger partial charge in [-0.3, -0.25) is 0 Å². The lowest BCUT2D eigenvalue weighted by atomic mass is 9.46. The maximum atomic E-state index is 11.9. The zero-order valence-electron chi connectivity index (χ0n) is 17.9. The summed E-state index contributed by atoms with van der Waals surface area (Å²) in [6.45, 7) is 11.5. The van der Waals surface area contributed by atoms with Crippen molar-refractivity contribution in [3.8, 4) is 11.5 Å². The van der Waals surface area contributed by atoms with Gasteiger partial charge in [-0.25, -0.2) is 4.79 Å². The first-order chi connectivity index (χ1) is 13.2. The quantitative estimate of drug-likeness (QED) is 0.546. The minimum Gasteiger partial charge on any atom is -0.508 e. The summed E-state index contributed by atoms with van der Waals surface area (Å²) < 4.78 is 10.4. The number of methoxy groups -OCH3 is 2. The van der Waals surface area contributed by atoms with Crippen LogP contribution in [0, 0.1) is 22.7 Å². The van der Waals surface area contributed by atoms with Crippen molar-refractivity contribution in [2.24, 2.45) is 22.7 Å². The van der Waals surface area contributed by atoms with Gasteiger partial charge in [-0.05, 0) is 73.3 Å². The fourth-order valence-corrected chi connectivity index (χ4v) is 5.87. The van der Waals surface area contributed by atoms with E-state index in [0.29, 0.717) is 23.1 Å². The monoisotopic (exact) mass is 386 g/mol. The lowest BCUT2D eigenvalue weighted by molar-refractivity contribution is -0.0493. The topological polar surface area (TPSA) is 55.8 Å². The third-order valence-corrected chi connectivity index (χ3v) is 7.95. The van der Waals surface area contributed by atoms with Crippen LogP contribution in [-0.4, -0.2) is 25.3 Å². The van der Waals surface area contributed by atoms with E-state index in [0.717, 1.165) is 24.8 Å². The predicted octanol–water partition coefficient (Wildman–Crippen LogP) is 5.53. The number of esters is 1. The Morgan fingerprint density at radius 3 is 2.64 bits per heavy atom. The molecule has 28 heavy (non-hydrogen) atoms. The van der Waals surface area contributed by atoms with E-state index in [1.807, 2.05) is 0 Å². The number of aromatic hydroxyl groups is 1. The second-order valence-corrected chi connectivity index (χ2v) is 9.26. The Kier molecular flexibility index (Phi) is 5.53. The molecule has 4 atom stereocenters. The molecule has 0 aliphatic heterocycles. The van der Waals surface area contributed by atoms with Gasteiger partial charge in [0.25, 0.3) is 0 Å². The first kappa shape index (κ1) is 20.8. The normalized spacial score (nSPS) is 32.5. The number of carbonyl (C=O) groups is 1. The highest BCUT2D eigenvalue weighted by atomic mass is 16.5. The molecule has 2 aliphatic rings. The summed E-state index contributed by atoms with van der Waals surface area (Å²) in [6, 6.07) is 3.18. The van der Waals surface area contributed by atoms with Crippen molar-refractivity contribution in [2.75, 3.05) is 14.2 Å². The van der Waals surface area contributed by atoms with Gasteiger partial charge in [-0.1, -0.05) is 32.9 Å². The van der Waals surface area contributed by atoms with Crippen LogP contribution in [0.1, 0.15) is 68.8 Å². The van der Waals surface area contributed by atoms with E-state index in [9.17, 15) is 9.90 Å². The van der Waals surface area contributed by atoms with Crippen molar-refractivity contribution in [3.63, 3.8) is 0 Å². The highest BCUT2D eigenvalue weighted by Crippen LogP contribution is 2.62. The smallest absolute Gasteiger partial charge is 0.338 e. The first-order valence-corrected chi connectivity index (χ1v) is 10.3. The Labute approximate surface area is 168 Å². The minimum atomic E-state index is -0.478. The van der Waals surface area contributed by atoms with E-state index in [2.05, 4.69) is 27.4 Å². The molecule has 4 heteroatoms. The molecule has 0 spiro atoms. The molecule has 0 radical (unpaired) electrons. The van der Waals surface area contributed by atoms with Gasteiger partial charge >= 0.3 is 5.97 Å². The number of hydrogen-bond donors (Lipinski definition) is 1. The van der Waals surface area contributed by atoms with Gasteiger partial charge < -0.3 is 14.6 Å². The van der Waals surface area contributed by atoms with Gasteiger partial charge in [-0.2, -0.15) is 0 Å². The van der Waals surface area contributed by atoms with Gasteiger partial charge in [0.2, 0.25) is 0 Å². The second-order valence-electron chi connectivity index (χ2n) is 9.26. The predicted molar refractivity (Wildman–Crippen MR) is 111 cm³/mol. The lowest BCUT2D eigenvalue weighted by Gasteiger charge is -2.59. The first-order valence-electron chi connectivity index (χ1n) is 10.3. The van der Waals surface area contributed by atoms with Crippen LogP contribution in [0.4, 0.5) is 0 Å². The SMILES string of the molecule is C=C1CCC[C@H]2[C@](C)(Cc3c(O)cc(C(=O)OC)cc3OC)[C@@H](C)CC[C@]12C. The van der Waals surface area contributed by atoms with Crippen LogP contribution in [0.5, 0.6) is 11.5 Å². The summed E-state index contributed by atoms with van der Waals surface area (Å²) in [7, 11) is 2.92. The number of benzene rings is 1. The average molecular weight is 387 g/mol. The summed E-state index contributed by atoms with van der Waals surface area (Å²) in [5, 5.41) is 10.8. The van der Waals surface area contributed by atoms with Crippen LogP contribution in [0.15, 0.2) is 24.3 Å². The maximum Gasteiger partial charge on any atom is 0.338 e. The van der Waals surface area contributed by atoms with E-state index in [4.69, 9.17) is 9.47 Å². The molecule has 0 heterocycles. The number of allylic oxidation sites excluding steroid dienone is 1. The fraction of sp³-hybridized carbons (Fsp3) is 0.625. The van der Waals surface area contributed by atoms with Crippen molar-refractivity contribution in [3.05, 3.63) is 35.4 Å². The number of hydrogen-bond acceptors (Lipinski definition) is 4. The molecular formula is C24H34O4. The molecule has 0 unspecified atom stereocenters. The summed E-state index contributed by atoms with van der Waals surface area (Å²) >= 11 is 0. The average Bonchev–Trinajstić information content (AvgIpc) is 2.67. The van der Waals surface area contributed by atoms with Gasteiger partial charge in [0, 0.05) is 5.56 Å². The molecule has 0 aromatic heterocycles. The molecule has 2 aliphatic carbocycles. The largest absolute Gasteiger partial charge is 0.508 e. The molecule has 1 aromatic carbocycles. The van der Waals surface area contributed by atoms with E-state index >= 15 is 0 Å². The Bertz CT molecular complexity index is 783. The van der Waals surface area contributed by atoms with E-state index in [1.165, 1.54) is 38.0 Å². The van der Waals surface area contributed by atoms with Gasteiger partial charge in [0.15, 0.2) is 0 Å². The third kappa shape index (κ3) is 3.21. The summed E-state index contributed by atoms with van der Waals surface area (Å²) in [4.78, 5) is 11.9. The van der Waals surface area contributed by atoms with Crippen molar-refractivity contribution < 1.29 is 19.4 Å². The van der Waals surface area contributed by atoms with Crippen LogP contribution in [0.2, 0.25) is 0 Å². The van der Waals surface area contributed by atoms with Crippen LogP contribution in [-0.2, 0) is 11.2 Å². The van der Waals surface area contributed by atoms with Crippen molar-refractivity contribution in [2.45, 2.75) is 59.3 Å². The number of rotatable bonds is 4. The molecule has 2 saturated carbocycles. The van der Waals surface area contributed by atoms with Crippen molar-refractivity contribution >= 4 is 5.97 Å². The maximum absolute atomic E-state index is 11.9. The summed E-state index contributed by atoms with van der Waals surface area (Å²) in [6.07, 6.45) is 6.58. The molecule has 0 bridgehead atoms. The van der Waals surface area contributed by atoms with Crippen molar-refractivity contribution in [1.82, 2.24) is 0 Å². The molecule has 4 nitrogen and oxygen atoms in total. The van der Waals surface area contributed by atoms with Crippen LogP contribution in [0.3, 0.4) is 0 Å². The minimum absolute atomic E-state index is 0.0217. The molecule has 154 valence electrons. The van der Waals surface area contributed by atoms with Crippen LogP contribution in [0.25, 0.3) is 0 Å². The standard InChI is InChI=1S/C24H34O4/c1-15-8-7-9-21-23(15,3)11-10-16(2)24(21,4)14-18-19(25)12-17(22(26)28-6)13-20(18)27-5/h12-13,16,21,25H,1,7-11,14H2,2-6H3/t16-,21+,23+,24+/m0/s1. The lowest BCUT2D eigenvalue weighted by Crippen LogP contribution is -2.51. The number of phenols is 1. The second kappa shape index (κ2) is 7.46. The highest BCUT2D eigenvalue weighted by molar-refractivity contribution is 5.90. The Hall–Kier alpha value is -1.97. The van der Waals surface area contributed by atoms with Gasteiger partial charge in [0.05, 0.1) is 19.8 Å². The van der Waals surface area contributed by atoms with E-state index < -0.39 is 5.97 Å². The van der Waals surface area contributed by atoms with Gasteiger partial charge in [0.1, 0.15) is 11.5 Å². The molecule has 2 fully saturated rings. The molecule has 1 aromatic rings. The third-order valence-electron chi connectivity index (χ3n) is 7.95. The Balaban J connectivity index is 2.03. The Morgan fingerprint density at radius 1 is 1.29 bits per heavy atom. The zero-order chi connectivity index (χ0) is 20.7. The number of ether oxygens (including phenoxy) is 2.